The SMILES string of the molecule is CNc1ncnc(OC(C)CN(C)C)c1[N+](=O)[O-]. The molecule has 0 saturated heterocycles. The lowest BCUT2D eigenvalue weighted by Crippen LogP contribution is -2.28. The highest BCUT2D eigenvalue weighted by Crippen LogP contribution is 2.30. The van der Waals surface area contributed by atoms with Crippen molar-refractivity contribution in [2.45, 2.75) is 13.0 Å². The molecule has 18 heavy (non-hydrogen) atoms. The van der Waals surface area contributed by atoms with E-state index in [9.17, 15) is 10.1 Å². The molecule has 1 N–H and O–H groups in total. The lowest BCUT2D eigenvalue weighted by molar-refractivity contribution is -0.385. The Morgan fingerprint density at radius 3 is 2.72 bits per heavy atom. The number of aromatic nitrogens is 2. The van der Waals surface area contributed by atoms with Crippen LogP contribution in [0.5, 0.6) is 5.88 Å². The summed E-state index contributed by atoms with van der Waals surface area (Å²) in [5.41, 5.74) is -0.245. The molecule has 0 spiro atoms. The molecule has 1 heterocycles. The van der Waals surface area contributed by atoms with Crippen LogP contribution >= 0.6 is 0 Å². The fourth-order valence-electron chi connectivity index (χ4n) is 1.54. The first-order chi connectivity index (χ1) is 8.45. The van der Waals surface area contributed by atoms with Gasteiger partial charge in [-0.1, -0.05) is 0 Å². The molecule has 1 rings (SSSR count). The Labute approximate surface area is 105 Å². The zero-order valence-corrected chi connectivity index (χ0v) is 10.9. The Morgan fingerprint density at radius 2 is 2.22 bits per heavy atom. The van der Waals surface area contributed by atoms with Gasteiger partial charge in [0, 0.05) is 13.6 Å². The molecule has 0 aliphatic carbocycles. The first-order valence-corrected chi connectivity index (χ1v) is 5.44. The first-order valence-electron chi connectivity index (χ1n) is 5.44. The number of anilines is 1. The Bertz CT molecular complexity index is 424. The maximum atomic E-state index is 11.0. The number of ether oxygens (including phenoxy) is 1. The van der Waals surface area contributed by atoms with Crippen LogP contribution in [0.2, 0.25) is 0 Å². The molecule has 1 atom stereocenters. The lowest BCUT2D eigenvalue weighted by atomic mass is 10.4. The first kappa shape index (κ1) is 14.1. The molecule has 1 aromatic heterocycles. The van der Waals surface area contributed by atoms with Gasteiger partial charge in [0.25, 0.3) is 5.88 Å². The summed E-state index contributed by atoms with van der Waals surface area (Å²) >= 11 is 0. The van der Waals surface area contributed by atoms with Crippen molar-refractivity contribution in [3.8, 4) is 5.88 Å². The van der Waals surface area contributed by atoms with Gasteiger partial charge in [-0.05, 0) is 21.0 Å². The van der Waals surface area contributed by atoms with E-state index in [0.29, 0.717) is 6.54 Å². The number of likely N-dealkylation sites (N-methyl/N-ethyl adjacent to an activating group) is 1. The zero-order valence-electron chi connectivity index (χ0n) is 10.9. The third kappa shape index (κ3) is 3.52. The molecule has 8 nitrogen and oxygen atoms in total. The molecule has 100 valence electrons. The average Bonchev–Trinajstić information content (AvgIpc) is 2.26. The van der Waals surface area contributed by atoms with Crippen LogP contribution in [-0.2, 0) is 0 Å². The molecular formula is C10H17N5O3. The van der Waals surface area contributed by atoms with Crippen LogP contribution in [0.1, 0.15) is 6.92 Å². The van der Waals surface area contributed by atoms with E-state index < -0.39 is 4.92 Å². The van der Waals surface area contributed by atoms with Crippen molar-refractivity contribution in [2.75, 3.05) is 33.0 Å². The van der Waals surface area contributed by atoms with Crippen molar-refractivity contribution in [1.82, 2.24) is 14.9 Å². The summed E-state index contributed by atoms with van der Waals surface area (Å²) in [7, 11) is 5.35. The third-order valence-corrected chi connectivity index (χ3v) is 2.14. The van der Waals surface area contributed by atoms with Gasteiger partial charge in [-0.15, -0.1) is 0 Å². The van der Waals surface area contributed by atoms with E-state index >= 15 is 0 Å². The molecule has 0 amide bonds. The van der Waals surface area contributed by atoms with Crippen LogP contribution in [0.3, 0.4) is 0 Å². The number of nitrogens with one attached hydrogen (secondary N) is 1. The van der Waals surface area contributed by atoms with Gasteiger partial charge in [0.2, 0.25) is 5.82 Å². The Morgan fingerprint density at radius 1 is 1.56 bits per heavy atom. The van der Waals surface area contributed by atoms with Crippen molar-refractivity contribution in [2.24, 2.45) is 0 Å². The predicted molar refractivity (Wildman–Crippen MR) is 66.9 cm³/mol. The van der Waals surface area contributed by atoms with E-state index in [-0.39, 0.29) is 23.5 Å². The fourth-order valence-corrected chi connectivity index (χ4v) is 1.54. The molecule has 0 aliphatic heterocycles. The molecule has 0 bridgehead atoms. The summed E-state index contributed by atoms with van der Waals surface area (Å²) in [5.74, 6) is 0.121. The fraction of sp³-hybridized carbons (Fsp3) is 0.600. The highest BCUT2D eigenvalue weighted by molar-refractivity contribution is 5.60. The molecule has 0 saturated carbocycles. The highest BCUT2D eigenvalue weighted by atomic mass is 16.6. The van der Waals surface area contributed by atoms with Gasteiger partial charge < -0.3 is 15.0 Å². The van der Waals surface area contributed by atoms with E-state index in [1.807, 2.05) is 25.9 Å². The highest BCUT2D eigenvalue weighted by Gasteiger charge is 2.25. The Balaban J connectivity index is 2.98. The summed E-state index contributed by atoms with van der Waals surface area (Å²) in [4.78, 5) is 20.0. The molecule has 8 heteroatoms. The number of rotatable bonds is 6. The minimum Gasteiger partial charge on any atom is -0.468 e. The van der Waals surface area contributed by atoms with E-state index in [1.165, 1.54) is 6.33 Å². The number of hydrogen-bond donors (Lipinski definition) is 1. The van der Waals surface area contributed by atoms with Gasteiger partial charge in [-0.2, -0.15) is 4.98 Å². The summed E-state index contributed by atoms with van der Waals surface area (Å²) in [5, 5.41) is 13.6. The van der Waals surface area contributed by atoms with Gasteiger partial charge in [0.05, 0.1) is 4.92 Å². The van der Waals surface area contributed by atoms with Gasteiger partial charge >= 0.3 is 5.69 Å². The van der Waals surface area contributed by atoms with Crippen LogP contribution in [0, 0.1) is 10.1 Å². The quantitative estimate of drug-likeness (QED) is 0.592. The number of hydrogen-bond acceptors (Lipinski definition) is 7. The van der Waals surface area contributed by atoms with Crippen molar-refractivity contribution in [3.63, 3.8) is 0 Å². The Hall–Kier alpha value is -1.96. The molecular weight excluding hydrogens is 238 g/mol. The van der Waals surface area contributed by atoms with Gasteiger partial charge in [0.1, 0.15) is 12.4 Å². The van der Waals surface area contributed by atoms with Crippen molar-refractivity contribution < 1.29 is 9.66 Å². The maximum Gasteiger partial charge on any atom is 0.372 e. The van der Waals surface area contributed by atoms with E-state index in [2.05, 4.69) is 15.3 Å². The van der Waals surface area contributed by atoms with Crippen LogP contribution in [-0.4, -0.2) is 53.6 Å². The largest absolute Gasteiger partial charge is 0.468 e. The van der Waals surface area contributed by atoms with Gasteiger partial charge in [-0.3, -0.25) is 10.1 Å². The smallest absolute Gasteiger partial charge is 0.372 e. The minimum absolute atomic E-state index is 0.0197. The van der Waals surface area contributed by atoms with E-state index in [0.717, 1.165) is 0 Å². The van der Waals surface area contributed by atoms with Crippen LogP contribution in [0.15, 0.2) is 6.33 Å². The maximum absolute atomic E-state index is 11.0. The standard InChI is InChI=1S/C10H17N5O3/c1-7(5-14(3)4)18-10-8(15(16)17)9(11-2)12-6-13-10/h6-7H,5H2,1-4H3,(H,11,12,13). The second kappa shape index (κ2) is 6.10. The topological polar surface area (TPSA) is 93.4 Å². The molecule has 0 fully saturated rings. The normalized spacial score (nSPS) is 12.3. The monoisotopic (exact) mass is 255 g/mol. The second-order valence-corrected chi connectivity index (χ2v) is 4.07. The summed E-state index contributed by atoms with van der Waals surface area (Å²) in [6.45, 7) is 2.46. The third-order valence-electron chi connectivity index (χ3n) is 2.14. The van der Waals surface area contributed by atoms with Crippen molar-refractivity contribution in [3.05, 3.63) is 16.4 Å². The molecule has 0 aromatic carbocycles. The van der Waals surface area contributed by atoms with Crippen molar-refractivity contribution in [1.29, 1.82) is 0 Å². The van der Waals surface area contributed by atoms with Crippen LogP contribution < -0.4 is 10.1 Å². The summed E-state index contributed by atoms with van der Waals surface area (Å²) in [6, 6.07) is 0. The molecule has 0 radical (unpaired) electrons. The summed E-state index contributed by atoms with van der Waals surface area (Å²) in [6.07, 6.45) is 1.02. The minimum atomic E-state index is -0.552. The number of nitrogens with zero attached hydrogens (tertiary/aromatic N) is 4. The van der Waals surface area contributed by atoms with Crippen LogP contribution in [0.4, 0.5) is 11.5 Å². The van der Waals surface area contributed by atoms with E-state index in [1.54, 1.807) is 7.05 Å². The van der Waals surface area contributed by atoms with Gasteiger partial charge in [0.15, 0.2) is 0 Å². The zero-order chi connectivity index (χ0) is 13.7. The Kier molecular flexibility index (Phi) is 4.78. The lowest BCUT2D eigenvalue weighted by Gasteiger charge is -2.18. The molecule has 1 unspecified atom stereocenters. The molecule has 0 aliphatic rings. The van der Waals surface area contributed by atoms with E-state index in [4.69, 9.17) is 4.74 Å². The average molecular weight is 255 g/mol. The van der Waals surface area contributed by atoms with Crippen LogP contribution in [0.25, 0.3) is 0 Å². The molecule has 1 aromatic rings. The summed E-state index contributed by atoms with van der Waals surface area (Å²) < 4.78 is 5.49. The number of nitro groups is 1. The van der Waals surface area contributed by atoms with Crippen molar-refractivity contribution >= 4 is 11.5 Å². The van der Waals surface area contributed by atoms with Gasteiger partial charge in [-0.25, -0.2) is 4.98 Å². The second-order valence-electron chi connectivity index (χ2n) is 4.07. The predicted octanol–water partition coefficient (Wildman–Crippen LogP) is 0.755.